The van der Waals surface area contributed by atoms with Gasteiger partial charge in [-0.1, -0.05) is 41.9 Å². The first-order valence-corrected chi connectivity index (χ1v) is 7.81. The molecule has 118 valence electrons. The molecule has 0 bridgehead atoms. The van der Waals surface area contributed by atoms with E-state index in [-0.39, 0.29) is 0 Å². The zero-order valence-electron chi connectivity index (χ0n) is 12.9. The number of para-hydroxylation sites is 1. The van der Waals surface area contributed by atoms with E-state index in [0.717, 1.165) is 34.9 Å². The van der Waals surface area contributed by atoms with E-state index in [1.165, 1.54) is 0 Å². The predicted octanol–water partition coefficient (Wildman–Crippen LogP) is 4.90. The summed E-state index contributed by atoms with van der Waals surface area (Å²) >= 11 is 6.02. The molecule has 0 amide bonds. The van der Waals surface area contributed by atoms with Crippen molar-refractivity contribution >= 4 is 11.6 Å². The number of ether oxygens (including phenoxy) is 1. The molecule has 0 radical (unpaired) electrons. The van der Waals surface area contributed by atoms with Gasteiger partial charge in [-0.15, -0.1) is 0 Å². The van der Waals surface area contributed by atoms with Gasteiger partial charge < -0.3 is 14.5 Å². The Morgan fingerprint density at radius 1 is 1.00 bits per heavy atom. The summed E-state index contributed by atoms with van der Waals surface area (Å²) in [5.74, 6) is 2.59. The second-order valence-corrected chi connectivity index (χ2v) is 5.63. The highest BCUT2D eigenvalue weighted by molar-refractivity contribution is 6.30. The van der Waals surface area contributed by atoms with Crippen molar-refractivity contribution in [3.63, 3.8) is 0 Å². The average Bonchev–Trinajstić information content (AvgIpc) is 3.04. The highest BCUT2D eigenvalue weighted by Crippen LogP contribution is 2.25. The van der Waals surface area contributed by atoms with Crippen LogP contribution in [0.3, 0.4) is 0 Å². The van der Waals surface area contributed by atoms with Crippen molar-refractivity contribution in [2.24, 2.45) is 0 Å². The second-order valence-electron chi connectivity index (χ2n) is 5.19. The molecule has 3 nitrogen and oxygen atoms in total. The molecule has 0 spiro atoms. The molecule has 4 heteroatoms. The van der Waals surface area contributed by atoms with Crippen molar-refractivity contribution in [2.75, 3.05) is 7.11 Å². The van der Waals surface area contributed by atoms with Gasteiger partial charge in [0.1, 0.15) is 17.3 Å². The van der Waals surface area contributed by atoms with Crippen LogP contribution in [0.1, 0.15) is 11.3 Å². The third-order valence-corrected chi connectivity index (χ3v) is 3.81. The Morgan fingerprint density at radius 3 is 2.70 bits per heavy atom. The minimum atomic E-state index is 0.651. The molecular weight excluding hydrogens is 310 g/mol. The van der Waals surface area contributed by atoms with E-state index in [2.05, 4.69) is 5.32 Å². The van der Waals surface area contributed by atoms with E-state index in [1.807, 2.05) is 60.7 Å². The first kappa shape index (κ1) is 15.7. The maximum absolute atomic E-state index is 6.02. The molecule has 1 N–H and O–H groups in total. The molecule has 1 aromatic heterocycles. The Hall–Kier alpha value is -2.23. The van der Waals surface area contributed by atoms with Gasteiger partial charge in [-0.2, -0.15) is 0 Å². The van der Waals surface area contributed by atoms with Gasteiger partial charge in [0.25, 0.3) is 0 Å². The Labute approximate surface area is 140 Å². The number of rotatable bonds is 6. The molecule has 0 saturated carbocycles. The van der Waals surface area contributed by atoms with Crippen molar-refractivity contribution in [2.45, 2.75) is 13.1 Å². The van der Waals surface area contributed by atoms with Gasteiger partial charge >= 0.3 is 0 Å². The van der Waals surface area contributed by atoms with Gasteiger partial charge in [-0.05, 0) is 30.3 Å². The van der Waals surface area contributed by atoms with Gasteiger partial charge in [0, 0.05) is 22.7 Å². The van der Waals surface area contributed by atoms with E-state index in [4.69, 9.17) is 20.8 Å². The largest absolute Gasteiger partial charge is 0.496 e. The summed E-state index contributed by atoms with van der Waals surface area (Å²) in [6, 6.07) is 19.6. The highest BCUT2D eigenvalue weighted by atomic mass is 35.5. The second kappa shape index (κ2) is 7.36. The minimum Gasteiger partial charge on any atom is -0.496 e. The number of hydrogen-bond donors (Lipinski definition) is 1. The average molecular weight is 328 g/mol. The predicted molar refractivity (Wildman–Crippen MR) is 92.7 cm³/mol. The summed E-state index contributed by atoms with van der Waals surface area (Å²) in [6.45, 7) is 1.37. The van der Waals surface area contributed by atoms with Crippen LogP contribution in [0.4, 0.5) is 0 Å². The minimum absolute atomic E-state index is 0.651. The molecule has 0 aliphatic heterocycles. The summed E-state index contributed by atoms with van der Waals surface area (Å²) in [5, 5.41) is 4.07. The third-order valence-electron chi connectivity index (χ3n) is 3.58. The summed E-state index contributed by atoms with van der Waals surface area (Å²) < 4.78 is 11.2. The molecule has 0 aliphatic rings. The monoisotopic (exact) mass is 327 g/mol. The van der Waals surface area contributed by atoms with Gasteiger partial charge in [-0.3, -0.25) is 0 Å². The molecule has 0 unspecified atom stereocenters. The zero-order valence-corrected chi connectivity index (χ0v) is 13.6. The van der Waals surface area contributed by atoms with E-state index in [0.29, 0.717) is 11.6 Å². The zero-order chi connectivity index (χ0) is 16.1. The topological polar surface area (TPSA) is 34.4 Å². The Balaban J connectivity index is 1.61. The van der Waals surface area contributed by atoms with Crippen molar-refractivity contribution < 1.29 is 9.15 Å². The van der Waals surface area contributed by atoms with E-state index in [1.54, 1.807) is 7.11 Å². The van der Waals surface area contributed by atoms with Crippen LogP contribution in [0, 0.1) is 0 Å². The SMILES string of the molecule is COc1ccccc1CNCc1ccc(-c2cccc(Cl)c2)o1. The van der Waals surface area contributed by atoms with Gasteiger partial charge in [0.2, 0.25) is 0 Å². The molecule has 23 heavy (non-hydrogen) atoms. The van der Waals surface area contributed by atoms with E-state index in [9.17, 15) is 0 Å². The van der Waals surface area contributed by atoms with Crippen molar-refractivity contribution in [1.29, 1.82) is 0 Å². The van der Waals surface area contributed by atoms with Gasteiger partial charge in [0.15, 0.2) is 0 Å². The first-order valence-electron chi connectivity index (χ1n) is 7.43. The van der Waals surface area contributed by atoms with E-state index >= 15 is 0 Å². The standard InChI is InChI=1S/C19H18ClNO2/c1-22-18-8-3-2-5-15(18)12-21-13-17-9-10-19(23-17)14-6-4-7-16(20)11-14/h2-11,21H,12-13H2,1H3. The van der Waals surface area contributed by atoms with Crippen LogP contribution in [0.25, 0.3) is 11.3 Å². The molecule has 0 fully saturated rings. The number of hydrogen-bond acceptors (Lipinski definition) is 3. The maximum Gasteiger partial charge on any atom is 0.134 e. The Kier molecular flexibility index (Phi) is 5.01. The van der Waals surface area contributed by atoms with Crippen molar-refractivity contribution in [1.82, 2.24) is 5.32 Å². The Morgan fingerprint density at radius 2 is 1.87 bits per heavy atom. The quantitative estimate of drug-likeness (QED) is 0.699. The lowest BCUT2D eigenvalue weighted by Crippen LogP contribution is -2.12. The van der Waals surface area contributed by atoms with Crippen LogP contribution in [0.15, 0.2) is 65.1 Å². The fraction of sp³-hybridized carbons (Fsp3) is 0.158. The number of nitrogens with one attached hydrogen (secondary N) is 1. The van der Waals surface area contributed by atoms with Crippen LogP contribution in [0.5, 0.6) is 5.75 Å². The number of furan rings is 1. The number of methoxy groups -OCH3 is 1. The van der Waals surface area contributed by atoms with E-state index < -0.39 is 0 Å². The van der Waals surface area contributed by atoms with Crippen molar-refractivity contribution in [3.8, 4) is 17.1 Å². The third kappa shape index (κ3) is 3.95. The fourth-order valence-electron chi connectivity index (χ4n) is 2.44. The maximum atomic E-state index is 6.02. The Bertz CT molecular complexity index is 782. The smallest absolute Gasteiger partial charge is 0.134 e. The summed E-state index contributed by atoms with van der Waals surface area (Å²) in [4.78, 5) is 0. The fourth-order valence-corrected chi connectivity index (χ4v) is 2.63. The normalized spacial score (nSPS) is 10.7. The van der Waals surface area contributed by atoms with Gasteiger partial charge in [-0.25, -0.2) is 0 Å². The van der Waals surface area contributed by atoms with Crippen LogP contribution in [-0.4, -0.2) is 7.11 Å². The molecule has 3 aromatic rings. The number of halogens is 1. The lowest BCUT2D eigenvalue weighted by Gasteiger charge is -2.08. The van der Waals surface area contributed by atoms with Crippen molar-refractivity contribution in [3.05, 3.63) is 77.0 Å². The molecule has 2 aromatic carbocycles. The molecule has 1 heterocycles. The summed E-state index contributed by atoms with van der Waals surface area (Å²) in [6.07, 6.45) is 0. The van der Waals surface area contributed by atoms with Crippen LogP contribution >= 0.6 is 11.6 Å². The lowest BCUT2D eigenvalue weighted by atomic mass is 10.2. The number of benzene rings is 2. The van der Waals surface area contributed by atoms with Crippen LogP contribution in [0.2, 0.25) is 5.02 Å². The molecular formula is C19H18ClNO2. The summed E-state index contributed by atoms with van der Waals surface area (Å²) in [5.41, 5.74) is 2.10. The molecule has 0 saturated heterocycles. The first-order chi connectivity index (χ1) is 11.3. The molecule has 3 rings (SSSR count). The van der Waals surface area contributed by atoms with Gasteiger partial charge in [0.05, 0.1) is 13.7 Å². The highest BCUT2D eigenvalue weighted by Gasteiger charge is 2.06. The molecule has 0 atom stereocenters. The van der Waals surface area contributed by atoms with Crippen LogP contribution < -0.4 is 10.1 Å². The lowest BCUT2D eigenvalue weighted by molar-refractivity contribution is 0.406. The van der Waals surface area contributed by atoms with Crippen LogP contribution in [-0.2, 0) is 13.1 Å². The molecule has 0 aliphatic carbocycles. The summed E-state index contributed by atoms with van der Waals surface area (Å²) in [7, 11) is 1.68.